The summed E-state index contributed by atoms with van der Waals surface area (Å²) in [6, 6.07) is 5.17. The fourth-order valence-corrected chi connectivity index (χ4v) is 4.85. The van der Waals surface area contributed by atoms with Crippen LogP contribution in [0.15, 0.2) is 23.2 Å². The summed E-state index contributed by atoms with van der Waals surface area (Å²) in [7, 11) is 0. The van der Waals surface area contributed by atoms with E-state index in [1.165, 1.54) is 12.8 Å². The average Bonchev–Trinajstić information content (AvgIpc) is 3.57. The van der Waals surface area contributed by atoms with Crippen molar-refractivity contribution >= 4 is 41.7 Å². The maximum Gasteiger partial charge on any atom is 0.191 e. The first-order chi connectivity index (χ1) is 14.5. The standard InChI is InChI=1S/C23H36FN3O2S.HI/c1-4-25-22(26-16-23(30-5-2)10-12-28-13-11-23)27-17(3)19-8-9-21(20(24)14-19)29-15-18-6-7-18;/h8-9,14,17-18H,4-7,10-13,15-16H2,1-3H3,(H2,25,26,27);1H. The first-order valence-electron chi connectivity index (χ1n) is 11.2. The van der Waals surface area contributed by atoms with Gasteiger partial charge in [0, 0.05) is 24.5 Å². The third kappa shape index (κ3) is 8.28. The van der Waals surface area contributed by atoms with Crippen LogP contribution in [0.25, 0.3) is 0 Å². The zero-order valence-corrected chi connectivity index (χ0v) is 22.1. The molecular formula is C23H37FIN3O2S. The number of nitrogens with zero attached hydrogens (tertiary/aromatic N) is 1. The summed E-state index contributed by atoms with van der Waals surface area (Å²) in [5, 5.41) is 6.76. The van der Waals surface area contributed by atoms with E-state index >= 15 is 0 Å². The largest absolute Gasteiger partial charge is 0.490 e. The van der Waals surface area contributed by atoms with Crippen LogP contribution in [0, 0.1) is 11.7 Å². The van der Waals surface area contributed by atoms with Crippen LogP contribution in [-0.4, -0.2) is 49.4 Å². The molecule has 8 heteroatoms. The smallest absolute Gasteiger partial charge is 0.191 e. The number of halogens is 2. The minimum atomic E-state index is -0.302. The van der Waals surface area contributed by atoms with Gasteiger partial charge in [-0.25, -0.2) is 4.39 Å². The molecule has 1 aliphatic heterocycles. The Kier molecular flexibility index (Phi) is 11.2. The molecule has 1 saturated carbocycles. The van der Waals surface area contributed by atoms with Gasteiger partial charge in [-0.1, -0.05) is 13.0 Å². The molecule has 0 amide bonds. The topological polar surface area (TPSA) is 54.9 Å². The number of thioether (sulfide) groups is 1. The van der Waals surface area contributed by atoms with E-state index < -0.39 is 0 Å². The van der Waals surface area contributed by atoms with Crippen LogP contribution in [-0.2, 0) is 4.74 Å². The second kappa shape index (κ2) is 13.1. The lowest BCUT2D eigenvalue weighted by atomic mass is 9.99. The van der Waals surface area contributed by atoms with Gasteiger partial charge in [0.25, 0.3) is 0 Å². The molecule has 2 fully saturated rings. The molecule has 1 aromatic rings. The van der Waals surface area contributed by atoms with Gasteiger partial charge in [-0.05, 0) is 68.9 Å². The zero-order valence-electron chi connectivity index (χ0n) is 18.9. The van der Waals surface area contributed by atoms with Crippen LogP contribution in [0.3, 0.4) is 0 Å². The van der Waals surface area contributed by atoms with Crippen LogP contribution in [0.1, 0.15) is 58.1 Å². The molecule has 0 aromatic heterocycles. The molecule has 0 spiro atoms. The van der Waals surface area contributed by atoms with Crippen molar-refractivity contribution in [3.05, 3.63) is 29.6 Å². The molecule has 1 heterocycles. The zero-order chi connectivity index (χ0) is 21.4. The van der Waals surface area contributed by atoms with Crippen molar-refractivity contribution in [2.75, 3.05) is 38.7 Å². The number of aliphatic imine (C=N–C) groups is 1. The first kappa shape index (κ1) is 26.5. The van der Waals surface area contributed by atoms with E-state index in [4.69, 9.17) is 14.5 Å². The number of hydrogen-bond acceptors (Lipinski definition) is 4. The number of benzene rings is 1. The molecule has 1 atom stereocenters. The van der Waals surface area contributed by atoms with Gasteiger partial charge in [0.05, 0.1) is 19.2 Å². The summed E-state index contributed by atoms with van der Waals surface area (Å²) >= 11 is 1.98. The SMILES string of the molecule is CCNC(=NCC1(SCC)CCOCC1)NC(C)c1ccc(OCC2CC2)c(F)c1.I. The Bertz CT molecular complexity index is 707. The van der Waals surface area contributed by atoms with E-state index in [1.54, 1.807) is 12.1 Å². The van der Waals surface area contributed by atoms with E-state index in [9.17, 15) is 4.39 Å². The van der Waals surface area contributed by atoms with Gasteiger partial charge in [-0.3, -0.25) is 4.99 Å². The Morgan fingerprint density at radius 3 is 2.68 bits per heavy atom. The van der Waals surface area contributed by atoms with Crippen molar-refractivity contribution in [1.82, 2.24) is 10.6 Å². The number of nitrogens with one attached hydrogen (secondary N) is 2. The van der Waals surface area contributed by atoms with Gasteiger partial charge in [0.15, 0.2) is 17.5 Å². The molecule has 31 heavy (non-hydrogen) atoms. The summed E-state index contributed by atoms with van der Waals surface area (Å²) in [5.41, 5.74) is 0.876. The van der Waals surface area contributed by atoms with E-state index in [2.05, 4.69) is 24.5 Å². The highest BCUT2D eigenvalue weighted by Gasteiger charge is 2.32. The predicted molar refractivity (Wildman–Crippen MR) is 138 cm³/mol. The van der Waals surface area contributed by atoms with Crippen LogP contribution < -0.4 is 15.4 Å². The lowest BCUT2D eigenvalue weighted by Crippen LogP contribution is -2.42. The van der Waals surface area contributed by atoms with Crippen LogP contribution in [0.5, 0.6) is 5.75 Å². The summed E-state index contributed by atoms with van der Waals surface area (Å²) in [6.07, 6.45) is 4.44. The van der Waals surface area contributed by atoms with Crippen molar-refractivity contribution in [2.24, 2.45) is 10.9 Å². The van der Waals surface area contributed by atoms with Gasteiger partial charge in [0.1, 0.15) is 0 Å². The van der Waals surface area contributed by atoms with Gasteiger partial charge in [0.2, 0.25) is 0 Å². The summed E-state index contributed by atoms with van der Waals surface area (Å²) in [6.45, 7) is 10.0. The number of guanidine groups is 1. The molecule has 1 aromatic carbocycles. The minimum Gasteiger partial charge on any atom is -0.490 e. The predicted octanol–water partition coefficient (Wildman–Crippen LogP) is 5.15. The Labute approximate surface area is 207 Å². The van der Waals surface area contributed by atoms with Gasteiger partial charge in [-0.15, -0.1) is 24.0 Å². The Balaban J connectivity index is 0.00000341. The highest BCUT2D eigenvalue weighted by atomic mass is 127. The third-order valence-corrected chi connectivity index (χ3v) is 7.14. The van der Waals surface area contributed by atoms with Crippen LogP contribution in [0.4, 0.5) is 4.39 Å². The van der Waals surface area contributed by atoms with E-state index in [0.29, 0.717) is 18.3 Å². The number of hydrogen-bond donors (Lipinski definition) is 2. The molecule has 3 rings (SSSR count). The van der Waals surface area contributed by atoms with E-state index in [-0.39, 0.29) is 40.6 Å². The molecule has 1 aliphatic carbocycles. The normalized spacial score (nSPS) is 19.3. The second-order valence-electron chi connectivity index (χ2n) is 8.23. The molecule has 1 unspecified atom stereocenters. The van der Waals surface area contributed by atoms with Crippen molar-refractivity contribution in [1.29, 1.82) is 0 Å². The van der Waals surface area contributed by atoms with Crippen molar-refractivity contribution in [2.45, 2.75) is 57.2 Å². The monoisotopic (exact) mass is 565 g/mol. The number of rotatable bonds is 10. The second-order valence-corrected chi connectivity index (χ2v) is 9.97. The molecule has 1 saturated heterocycles. The van der Waals surface area contributed by atoms with E-state index in [0.717, 1.165) is 56.4 Å². The molecule has 176 valence electrons. The number of ether oxygens (including phenoxy) is 2. The maximum atomic E-state index is 14.5. The summed E-state index contributed by atoms with van der Waals surface area (Å²) < 4.78 is 25.8. The van der Waals surface area contributed by atoms with E-state index in [1.807, 2.05) is 24.8 Å². The molecule has 0 radical (unpaired) electrons. The molecule has 2 N–H and O–H groups in total. The van der Waals surface area contributed by atoms with Crippen molar-refractivity contribution in [3.63, 3.8) is 0 Å². The Morgan fingerprint density at radius 1 is 1.32 bits per heavy atom. The fourth-order valence-electron chi connectivity index (χ4n) is 3.62. The highest BCUT2D eigenvalue weighted by Crippen LogP contribution is 2.36. The van der Waals surface area contributed by atoms with Gasteiger partial charge in [-0.2, -0.15) is 11.8 Å². The third-order valence-electron chi connectivity index (χ3n) is 5.70. The van der Waals surface area contributed by atoms with Crippen LogP contribution in [0.2, 0.25) is 0 Å². The molecule has 2 aliphatic rings. The Morgan fingerprint density at radius 2 is 2.06 bits per heavy atom. The lowest BCUT2D eigenvalue weighted by molar-refractivity contribution is 0.0793. The highest BCUT2D eigenvalue weighted by molar-refractivity contribution is 14.0. The maximum absolute atomic E-state index is 14.5. The average molecular weight is 566 g/mol. The van der Waals surface area contributed by atoms with Gasteiger partial charge >= 0.3 is 0 Å². The summed E-state index contributed by atoms with van der Waals surface area (Å²) in [5.74, 6) is 2.49. The molecular weight excluding hydrogens is 528 g/mol. The Hall–Kier alpha value is -0.740. The summed E-state index contributed by atoms with van der Waals surface area (Å²) in [4.78, 5) is 4.89. The lowest BCUT2D eigenvalue weighted by Gasteiger charge is -2.35. The minimum absolute atomic E-state index is 0. The van der Waals surface area contributed by atoms with Gasteiger partial charge < -0.3 is 20.1 Å². The first-order valence-corrected chi connectivity index (χ1v) is 12.2. The molecule has 0 bridgehead atoms. The van der Waals surface area contributed by atoms with Crippen molar-refractivity contribution < 1.29 is 13.9 Å². The van der Waals surface area contributed by atoms with Crippen molar-refractivity contribution in [3.8, 4) is 5.75 Å². The van der Waals surface area contributed by atoms with Crippen LogP contribution >= 0.6 is 35.7 Å². The fraction of sp³-hybridized carbons (Fsp3) is 0.696. The quantitative estimate of drug-likeness (QED) is 0.234. The molecule has 5 nitrogen and oxygen atoms in total.